The van der Waals surface area contributed by atoms with Crippen molar-refractivity contribution in [2.24, 2.45) is 11.8 Å². The van der Waals surface area contributed by atoms with E-state index in [0.29, 0.717) is 12.6 Å². The van der Waals surface area contributed by atoms with Crippen LogP contribution in [0.15, 0.2) is 0 Å². The normalized spacial score (nSPS) is 42.2. The molecule has 2 nitrogen and oxygen atoms in total. The highest BCUT2D eigenvalue weighted by molar-refractivity contribution is 4.86. The Kier molecular flexibility index (Phi) is 2.66. The highest BCUT2D eigenvalue weighted by atomic mass is 16.3. The second-order valence-electron chi connectivity index (χ2n) is 4.33. The van der Waals surface area contributed by atoms with Gasteiger partial charge in [0, 0.05) is 6.04 Å². The molecule has 0 aromatic rings. The molecule has 2 aliphatic rings. The van der Waals surface area contributed by atoms with Crippen LogP contribution in [0.25, 0.3) is 0 Å². The van der Waals surface area contributed by atoms with E-state index in [4.69, 9.17) is 5.11 Å². The molecule has 70 valence electrons. The van der Waals surface area contributed by atoms with Gasteiger partial charge in [-0.05, 0) is 31.2 Å². The van der Waals surface area contributed by atoms with E-state index < -0.39 is 0 Å². The van der Waals surface area contributed by atoms with Gasteiger partial charge in [-0.1, -0.05) is 19.3 Å². The quantitative estimate of drug-likeness (QED) is 0.617. The van der Waals surface area contributed by atoms with Gasteiger partial charge in [-0.2, -0.15) is 0 Å². The summed E-state index contributed by atoms with van der Waals surface area (Å²) in [5.74, 6) is 1.83. The average molecular weight is 169 g/mol. The molecule has 1 saturated heterocycles. The molecular weight excluding hydrogens is 150 g/mol. The number of rotatable bonds is 1. The Morgan fingerprint density at radius 1 is 1.17 bits per heavy atom. The maximum atomic E-state index is 9.02. The summed E-state index contributed by atoms with van der Waals surface area (Å²) in [5, 5.41) is 12.4. The van der Waals surface area contributed by atoms with Gasteiger partial charge in [0.05, 0.1) is 6.61 Å². The van der Waals surface area contributed by atoms with Crippen LogP contribution in [0, 0.1) is 11.8 Å². The Morgan fingerprint density at radius 2 is 1.92 bits per heavy atom. The third-order valence-corrected chi connectivity index (χ3v) is 3.54. The van der Waals surface area contributed by atoms with E-state index >= 15 is 0 Å². The fourth-order valence-electron chi connectivity index (χ4n) is 2.77. The molecule has 3 atom stereocenters. The van der Waals surface area contributed by atoms with E-state index in [-0.39, 0.29) is 0 Å². The molecule has 1 aliphatic carbocycles. The molecular formula is C10H19NO. The fraction of sp³-hybridized carbons (Fsp3) is 1.00. The van der Waals surface area contributed by atoms with Crippen molar-refractivity contribution in [3.05, 3.63) is 0 Å². The lowest BCUT2D eigenvalue weighted by Gasteiger charge is -2.39. The number of aliphatic hydroxyl groups is 1. The Morgan fingerprint density at radius 3 is 2.67 bits per heavy atom. The second kappa shape index (κ2) is 3.75. The number of nitrogens with one attached hydrogen (secondary N) is 1. The van der Waals surface area contributed by atoms with Crippen LogP contribution in [0.5, 0.6) is 0 Å². The summed E-state index contributed by atoms with van der Waals surface area (Å²) in [5.41, 5.74) is 0. The first kappa shape index (κ1) is 8.52. The third kappa shape index (κ3) is 1.64. The van der Waals surface area contributed by atoms with E-state index in [1.807, 2.05) is 0 Å². The molecule has 0 radical (unpaired) electrons. The first-order valence-corrected chi connectivity index (χ1v) is 5.24. The maximum absolute atomic E-state index is 9.02. The number of hydrogen-bond donors (Lipinski definition) is 2. The molecule has 0 bridgehead atoms. The average Bonchev–Trinajstić information content (AvgIpc) is 2.17. The minimum absolute atomic E-state index is 0.323. The zero-order chi connectivity index (χ0) is 8.39. The van der Waals surface area contributed by atoms with Gasteiger partial charge >= 0.3 is 0 Å². The lowest BCUT2D eigenvalue weighted by Crippen LogP contribution is -2.46. The van der Waals surface area contributed by atoms with E-state index in [1.165, 1.54) is 32.1 Å². The van der Waals surface area contributed by atoms with Crippen molar-refractivity contribution in [2.75, 3.05) is 13.2 Å². The summed E-state index contributed by atoms with van der Waals surface area (Å²) in [6.45, 7) is 1.47. The molecule has 1 saturated carbocycles. The predicted molar refractivity (Wildman–Crippen MR) is 48.9 cm³/mol. The highest BCUT2D eigenvalue weighted by Gasteiger charge is 2.31. The molecule has 1 aliphatic heterocycles. The monoisotopic (exact) mass is 169 g/mol. The zero-order valence-electron chi connectivity index (χ0n) is 7.63. The summed E-state index contributed by atoms with van der Waals surface area (Å²) >= 11 is 0. The molecule has 2 heteroatoms. The standard InChI is InChI=1S/C10H19NO/c12-7-10-5-8-3-1-2-4-9(8)6-11-10/h8-12H,1-7H2/t8-,9+,10-/m0/s1. The SMILES string of the molecule is OC[C@@H]1C[C@@H]2CCCC[C@@H]2CN1. The van der Waals surface area contributed by atoms with Crippen LogP contribution in [0.4, 0.5) is 0 Å². The molecule has 2 fully saturated rings. The minimum Gasteiger partial charge on any atom is -0.395 e. The van der Waals surface area contributed by atoms with Crippen molar-refractivity contribution < 1.29 is 5.11 Å². The molecule has 0 aromatic carbocycles. The van der Waals surface area contributed by atoms with Gasteiger partial charge in [0.15, 0.2) is 0 Å². The first-order chi connectivity index (χ1) is 5.90. The topological polar surface area (TPSA) is 32.3 Å². The van der Waals surface area contributed by atoms with Crippen molar-refractivity contribution in [1.29, 1.82) is 0 Å². The summed E-state index contributed by atoms with van der Waals surface area (Å²) in [6.07, 6.45) is 6.87. The van der Waals surface area contributed by atoms with Gasteiger partial charge in [0.25, 0.3) is 0 Å². The number of piperidine rings is 1. The Labute approximate surface area is 74.4 Å². The second-order valence-corrected chi connectivity index (χ2v) is 4.33. The summed E-state index contributed by atoms with van der Waals surface area (Å²) in [7, 11) is 0. The predicted octanol–water partition coefficient (Wildman–Crippen LogP) is 1.15. The molecule has 0 unspecified atom stereocenters. The lowest BCUT2D eigenvalue weighted by molar-refractivity contribution is 0.120. The van der Waals surface area contributed by atoms with Gasteiger partial charge in [0.1, 0.15) is 0 Å². The summed E-state index contributed by atoms with van der Waals surface area (Å²) in [6, 6.07) is 0.393. The Bertz CT molecular complexity index is 149. The lowest BCUT2D eigenvalue weighted by atomic mass is 9.74. The van der Waals surface area contributed by atoms with Crippen molar-refractivity contribution in [1.82, 2.24) is 5.32 Å². The van der Waals surface area contributed by atoms with Crippen molar-refractivity contribution in [3.8, 4) is 0 Å². The van der Waals surface area contributed by atoms with Gasteiger partial charge in [-0.3, -0.25) is 0 Å². The van der Waals surface area contributed by atoms with E-state index in [0.717, 1.165) is 18.4 Å². The van der Waals surface area contributed by atoms with Crippen LogP contribution in [0.2, 0.25) is 0 Å². The Balaban J connectivity index is 1.90. The number of hydrogen-bond acceptors (Lipinski definition) is 2. The third-order valence-electron chi connectivity index (χ3n) is 3.54. The van der Waals surface area contributed by atoms with Gasteiger partial charge in [0.2, 0.25) is 0 Å². The molecule has 0 aromatic heterocycles. The number of aliphatic hydroxyl groups excluding tert-OH is 1. The van der Waals surface area contributed by atoms with E-state index in [2.05, 4.69) is 5.32 Å². The largest absolute Gasteiger partial charge is 0.395 e. The van der Waals surface area contributed by atoms with Crippen LogP contribution in [-0.4, -0.2) is 24.3 Å². The molecule has 2 N–H and O–H groups in total. The van der Waals surface area contributed by atoms with Crippen molar-refractivity contribution >= 4 is 0 Å². The molecule has 2 rings (SSSR count). The zero-order valence-corrected chi connectivity index (χ0v) is 7.63. The van der Waals surface area contributed by atoms with Crippen LogP contribution in [0.3, 0.4) is 0 Å². The van der Waals surface area contributed by atoms with E-state index in [9.17, 15) is 0 Å². The first-order valence-electron chi connectivity index (χ1n) is 5.24. The maximum Gasteiger partial charge on any atom is 0.0584 e. The molecule has 1 heterocycles. The van der Waals surface area contributed by atoms with Gasteiger partial charge in [-0.15, -0.1) is 0 Å². The molecule has 0 amide bonds. The van der Waals surface area contributed by atoms with Gasteiger partial charge < -0.3 is 10.4 Å². The van der Waals surface area contributed by atoms with Crippen LogP contribution in [-0.2, 0) is 0 Å². The van der Waals surface area contributed by atoms with Crippen LogP contribution in [0.1, 0.15) is 32.1 Å². The van der Waals surface area contributed by atoms with Crippen LogP contribution < -0.4 is 5.32 Å². The van der Waals surface area contributed by atoms with Crippen LogP contribution >= 0.6 is 0 Å². The highest BCUT2D eigenvalue weighted by Crippen LogP contribution is 2.35. The fourth-order valence-corrected chi connectivity index (χ4v) is 2.77. The number of fused-ring (bicyclic) bond motifs is 1. The Hall–Kier alpha value is -0.0800. The van der Waals surface area contributed by atoms with Crippen molar-refractivity contribution in [3.63, 3.8) is 0 Å². The van der Waals surface area contributed by atoms with Gasteiger partial charge in [-0.25, -0.2) is 0 Å². The summed E-state index contributed by atoms with van der Waals surface area (Å²) in [4.78, 5) is 0. The molecule has 12 heavy (non-hydrogen) atoms. The van der Waals surface area contributed by atoms with Crippen molar-refractivity contribution in [2.45, 2.75) is 38.1 Å². The van der Waals surface area contributed by atoms with E-state index in [1.54, 1.807) is 0 Å². The summed E-state index contributed by atoms with van der Waals surface area (Å²) < 4.78 is 0. The smallest absolute Gasteiger partial charge is 0.0584 e. The minimum atomic E-state index is 0.323. The molecule has 0 spiro atoms.